The van der Waals surface area contributed by atoms with E-state index in [4.69, 9.17) is 13.9 Å². The molecule has 33 heavy (non-hydrogen) atoms. The van der Waals surface area contributed by atoms with Crippen molar-refractivity contribution in [3.8, 4) is 0 Å². The topological polar surface area (TPSA) is 108 Å². The Kier molecular flexibility index (Phi) is 7.96. The molecular formula is C23H36N2O7Si. The summed E-state index contributed by atoms with van der Waals surface area (Å²) >= 11 is 0. The number of rotatable bonds is 6. The van der Waals surface area contributed by atoms with Crippen molar-refractivity contribution in [2.75, 3.05) is 13.2 Å². The van der Waals surface area contributed by atoms with Crippen LogP contribution in [-0.4, -0.2) is 61.1 Å². The van der Waals surface area contributed by atoms with Gasteiger partial charge in [-0.3, -0.25) is 15.0 Å². The van der Waals surface area contributed by atoms with Crippen molar-refractivity contribution < 1.29 is 28.4 Å². The molecule has 1 aromatic rings. The molecule has 1 fully saturated rings. The van der Waals surface area contributed by atoms with Crippen molar-refractivity contribution in [1.29, 1.82) is 0 Å². The number of ether oxygens (including phenoxy) is 2. The third kappa shape index (κ3) is 7.26. The van der Waals surface area contributed by atoms with Crippen LogP contribution in [-0.2, 0) is 13.9 Å². The smallest absolute Gasteiger partial charge is 0.410 e. The van der Waals surface area contributed by atoms with Crippen LogP contribution >= 0.6 is 0 Å². The summed E-state index contributed by atoms with van der Waals surface area (Å²) in [5.41, 5.74) is -0.560. The molecule has 184 valence electrons. The lowest BCUT2D eigenvalue weighted by atomic mass is 10.2. The number of hydrogen-bond acceptors (Lipinski definition) is 7. The van der Waals surface area contributed by atoms with E-state index < -0.39 is 36.9 Å². The number of benzene rings is 1. The van der Waals surface area contributed by atoms with Crippen molar-refractivity contribution in [3.63, 3.8) is 0 Å². The van der Waals surface area contributed by atoms with Crippen LogP contribution in [0.15, 0.2) is 24.3 Å². The number of non-ortho nitro benzene ring substituents is 1. The molecule has 0 aliphatic carbocycles. The molecule has 1 saturated heterocycles. The summed E-state index contributed by atoms with van der Waals surface area (Å²) in [7, 11) is -2.06. The number of esters is 1. The number of hydrogen-bond donors (Lipinski definition) is 0. The van der Waals surface area contributed by atoms with Gasteiger partial charge in [-0.15, -0.1) is 0 Å². The summed E-state index contributed by atoms with van der Waals surface area (Å²) in [6.45, 7) is 16.5. The maximum atomic E-state index is 12.9. The van der Waals surface area contributed by atoms with E-state index in [1.54, 1.807) is 25.7 Å². The minimum Gasteiger partial charge on any atom is -0.460 e. The fourth-order valence-electron chi connectivity index (χ4n) is 3.23. The highest BCUT2D eigenvalue weighted by Crippen LogP contribution is 2.39. The Morgan fingerprint density at radius 2 is 1.70 bits per heavy atom. The average Bonchev–Trinajstić information content (AvgIpc) is 3.06. The first-order chi connectivity index (χ1) is 15.0. The third-order valence-corrected chi connectivity index (χ3v) is 10.5. The summed E-state index contributed by atoms with van der Waals surface area (Å²) in [6.07, 6.45) is -0.124. The normalized spacial score (nSPS) is 19.3. The Bertz CT molecular complexity index is 872. The molecule has 1 aliphatic rings. The molecule has 0 bridgehead atoms. The molecule has 1 amide bonds. The first-order valence-corrected chi connectivity index (χ1v) is 14.0. The molecule has 1 heterocycles. The van der Waals surface area contributed by atoms with Crippen LogP contribution in [0, 0.1) is 10.1 Å². The van der Waals surface area contributed by atoms with Crippen LogP contribution < -0.4 is 0 Å². The molecule has 1 aromatic carbocycles. The number of amides is 1. The lowest BCUT2D eigenvalue weighted by molar-refractivity contribution is -0.384. The number of nitro benzene ring substituents is 1. The van der Waals surface area contributed by atoms with E-state index in [1.165, 1.54) is 24.3 Å². The van der Waals surface area contributed by atoms with Gasteiger partial charge in [-0.2, -0.15) is 0 Å². The van der Waals surface area contributed by atoms with E-state index in [-0.39, 0.29) is 29.0 Å². The number of carbonyl (C=O) groups excluding carboxylic acids is 2. The van der Waals surface area contributed by atoms with Gasteiger partial charge in [0.15, 0.2) is 8.32 Å². The van der Waals surface area contributed by atoms with Gasteiger partial charge in [0.25, 0.3) is 5.69 Å². The largest absolute Gasteiger partial charge is 0.460 e. The van der Waals surface area contributed by atoms with Crippen LogP contribution in [0.1, 0.15) is 58.3 Å². The van der Waals surface area contributed by atoms with E-state index in [0.717, 1.165) is 0 Å². The van der Waals surface area contributed by atoms with Crippen LogP contribution in [0.2, 0.25) is 18.1 Å². The van der Waals surface area contributed by atoms with Gasteiger partial charge in [0.1, 0.15) is 12.2 Å². The van der Waals surface area contributed by atoms with Crippen molar-refractivity contribution in [3.05, 3.63) is 39.9 Å². The molecule has 10 heteroatoms. The Morgan fingerprint density at radius 3 is 2.18 bits per heavy atom. The highest BCUT2D eigenvalue weighted by Gasteiger charge is 2.44. The molecule has 0 N–H and O–H groups in total. The predicted octanol–water partition coefficient (Wildman–Crippen LogP) is 5.15. The van der Waals surface area contributed by atoms with Gasteiger partial charge in [0.2, 0.25) is 0 Å². The summed E-state index contributed by atoms with van der Waals surface area (Å²) < 4.78 is 17.5. The summed E-state index contributed by atoms with van der Waals surface area (Å²) in [5, 5.41) is 10.8. The minimum absolute atomic E-state index is 0.0181. The second kappa shape index (κ2) is 9.80. The van der Waals surface area contributed by atoms with Crippen LogP contribution in [0.4, 0.5) is 10.5 Å². The van der Waals surface area contributed by atoms with Gasteiger partial charge in [0.05, 0.1) is 22.6 Å². The van der Waals surface area contributed by atoms with E-state index >= 15 is 0 Å². The monoisotopic (exact) mass is 480 g/mol. The molecule has 0 aromatic heterocycles. The number of nitro groups is 1. The van der Waals surface area contributed by atoms with Crippen molar-refractivity contribution >= 4 is 26.1 Å². The summed E-state index contributed by atoms with van der Waals surface area (Å²) in [5.74, 6) is -0.609. The average molecular weight is 481 g/mol. The maximum Gasteiger partial charge on any atom is 0.410 e. The van der Waals surface area contributed by atoms with Gasteiger partial charge in [-0.25, -0.2) is 9.59 Å². The predicted molar refractivity (Wildman–Crippen MR) is 127 cm³/mol. The molecule has 2 rings (SSSR count). The molecular weight excluding hydrogens is 444 g/mol. The van der Waals surface area contributed by atoms with Crippen molar-refractivity contribution in [2.24, 2.45) is 0 Å². The van der Waals surface area contributed by atoms with Gasteiger partial charge < -0.3 is 13.9 Å². The Morgan fingerprint density at radius 1 is 1.12 bits per heavy atom. The van der Waals surface area contributed by atoms with Gasteiger partial charge in [-0.05, 0) is 57.5 Å². The fourth-order valence-corrected chi connectivity index (χ4v) is 4.59. The standard InChI is InChI=1S/C23H36N2O7Si/c1-22(2,3)31-21(27)24-14-19(32-33(7,8)23(4,5)6)13-18(24)15-30-20(26)16-9-11-17(12-10-16)25(28)29/h9-12,18-19H,13-15H2,1-8H3/t18-,19+/m0/s1. The number of nitrogens with zero attached hydrogens (tertiary/aromatic N) is 2. The van der Waals surface area contributed by atoms with Gasteiger partial charge in [-0.1, -0.05) is 20.8 Å². The second-order valence-electron chi connectivity index (χ2n) is 10.9. The second-order valence-corrected chi connectivity index (χ2v) is 15.7. The molecule has 9 nitrogen and oxygen atoms in total. The highest BCUT2D eigenvalue weighted by atomic mass is 28.4. The maximum absolute atomic E-state index is 12.9. The number of likely N-dealkylation sites (tertiary alicyclic amines) is 1. The van der Waals surface area contributed by atoms with E-state index in [9.17, 15) is 19.7 Å². The molecule has 0 unspecified atom stereocenters. The molecule has 0 saturated carbocycles. The summed E-state index contributed by atoms with van der Waals surface area (Å²) in [6, 6.07) is 4.82. The van der Waals surface area contributed by atoms with E-state index in [2.05, 4.69) is 33.9 Å². The Labute approximate surface area is 196 Å². The molecule has 0 spiro atoms. The zero-order valence-electron chi connectivity index (χ0n) is 20.8. The SMILES string of the molecule is CC(C)(C)OC(=O)N1C[C@H](O[Si](C)(C)C(C)(C)C)C[C@H]1COC(=O)c1ccc([N+](=O)[O-])cc1. The molecule has 0 radical (unpaired) electrons. The minimum atomic E-state index is -2.06. The number of carbonyl (C=O) groups is 2. The van der Waals surface area contributed by atoms with Gasteiger partial charge >= 0.3 is 12.1 Å². The Hall–Kier alpha value is -2.46. The van der Waals surface area contributed by atoms with E-state index in [0.29, 0.717) is 13.0 Å². The van der Waals surface area contributed by atoms with Crippen LogP contribution in [0.25, 0.3) is 0 Å². The van der Waals surface area contributed by atoms with Crippen molar-refractivity contribution in [2.45, 2.75) is 83.8 Å². The first-order valence-electron chi connectivity index (χ1n) is 11.1. The lowest BCUT2D eigenvalue weighted by Gasteiger charge is -2.38. The zero-order valence-corrected chi connectivity index (χ0v) is 21.8. The van der Waals surface area contributed by atoms with Crippen molar-refractivity contribution in [1.82, 2.24) is 4.90 Å². The quantitative estimate of drug-likeness (QED) is 0.240. The summed E-state index contributed by atoms with van der Waals surface area (Å²) in [4.78, 5) is 37.2. The highest BCUT2D eigenvalue weighted by molar-refractivity contribution is 6.74. The zero-order chi connectivity index (χ0) is 25.2. The Balaban J connectivity index is 2.11. The van der Waals surface area contributed by atoms with Crippen LogP contribution in [0.5, 0.6) is 0 Å². The third-order valence-electron chi connectivity index (χ3n) is 5.99. The van der Waals surface area contributed by atoms with Crippen LogP contribution in [0.3, 0.4) is 0 Å². The van der Waals surface area contributed by atoms with Gasteiger partial charge in [0, 0.05) is 18.7 Å². The fraction of sp³-hybridized carbons (Fsp3) is 0.652. The molecule has 2 atom stereocenters. The molecule has 1 aliphatic heterocycles. The lowest BCUT2D eigenvalue weighted by Crippen LogP contribution is -2.45. The van der Waals surface area contributed by atoms with E-state index in [1.807, 2.05) is 0 Å². The first kappa shape index (κ1) is 26.8.